The smallest absolute Gasteiger partial charge is 0.141 e. The van der Waals surface area contributed by atoms with Crippen molar-refractivity contribution in [3.05, 3.63) is 0 Å². The average molecular weight is 213 g/mol. The lowest BCUT2D eigenvalue weighted by molar-refractivity contribution is -0.130. The van der Waals surface area contributed by atoms with Gasteiger partial charge in [-0.1, -0.05) is 34.1 Å². The molecule has 0 radical (unpaired) electrons. The van der Waals surface area contributed by atoms with Crippen molar-refractivity contribution in [2.24, 2.45) is 11.3 Å². The van der Waals surface area contributed by atoms with Crippen molar-refractivity contribution < 1.29 is 4.79 Å². The molecule has 0 aliphatic heterocycles. The molecule has 2 nitrogen and oxygen atoms in total. The van der Waals surface area contributed by atoms with Crippen LogP contribution >= 0.6 is 0 Å². The predicted molar refractivity (Wildman–Crippen MR) is 66.0 cm³/mol. The Kier molecular flexibility index (Phi) is 6.82. The molecule has 0 unspecified atom stereocenters. The van der Waals surface area contributed by atoms with Gasteiger partial charge in [-0.3, -0.25) is 4.79 Å². The highest BCUT2D eigenvalue weighted by atomic mass is 16.1. The molecule has 90 valence electrons. The predicted octanol–water partition coefficient (Wildman–Crippen LogP) is 3.02. The third-order valence-corrected chi connectivity index (χ3v) is 2.83. The summed E-state index contributed by atoms with van der Waals surface area (Å²) in [5.74, 6) is 0.691. The molecule has 0 heterocycles. The molecule has 1 atom stereocenters. The van der Waals surface area contributed by atoms with Crippen LogP contribution in [0.2, 0.25) is 0 Å². The molecule has 0 spiro atoms. The van der Waals surface area contributed by atoms with E-state index in [0.717, 1.165) is 25.8 Å². The molecular weight excluding hydrogens is 186 g/mol. The molecule has 0 rings (SSSR count). The van der Waals surface area contributed by atoms with Crippen LogP contribution in [0.15, 0.2) is 0 Å². The van der Waals surface area contributed by atoms with E-state index in [9.17, 15) is 4.79 Å². The first-order valence-electron chi connectivity index (χ1n) is 6.12. The van der Waals surface area contributed by atoms with E-state index in [-0.39, 0.29) is 11.3 Å². The Morgan fingerprint density at radius 1 is 1.27 bits per heavy atom. The minimum atomic E-state index is -0.177. The van der Waals surface area contributed by atoms with Gasteiger partial charge in [0.1, 0.15) is 5.78 Å². The Bertz CT molecular complexity index is 181. The summed E-state index contributed by atoms with van der Waals surface area (Å²) in [7, 11) is 1.97. The van der Waals surface area contributed by atoms with E-state index in [1.807, 2.05) is 27.8 Å². The maximum Gasteiger partial charge on any atom is 0.141 e. The molecule has 0 bridgehead atoms. The lowest BCUT2D eigenvalue weighted by atomic mass is 9.80. The third-order valence-electron chi connectivity index (χ3n) is 2.83. The monoisotopic (exact) mass is 213 g/mol. The van der Waals surface area contributed by atoms with Crippen LogP contribution in [-0.4, -0.2) is 19.4 Å². The standard InChI is InChI=1S/C13H27NO/c1-6-11(9-7-8-10-14-5)12(15)13(2,3)4/h11,14H,6-10H2,1-5H3/t11-/m0/s1. The van der Waals surface area contributed by atoms with Crippen molar-refractivity contribution in [2.45, 2.75) is 53.4 Å². The number of Topliss-reactive ketones (excluding diaryl/α,β-unsaturated/α-hetero) is 1. The first-order chi connectivity index (χ1) is 6.93. The van der Waals surface area contributed by atoms with E-state index in [1.54, 1.807) is 0 Å². The molecule has 0 amide bonds. The summed E-state index contributed by atoms with van der Waals surface area (Å²) in [4.78, 5) is 12.0. The number of nitrogens with one attached hydrogen (secondary N) is 1. The molecule has 0 saturated heterocycles. The first-order valence-corrected chi connectivity index (χ1v) is 6.12. The molecule has 0 aliphatic rings. The van der Waals surface area contributed by atoms with Crippen LogP contribution in [0.4, 0.5) is 0 Å². The molecule has 0 aromatic heterocycles. The van der Waals surface area contributed by atoms with Gasteiger partial charge in [0.05, 0.1) is 0 Å². The Morgan fingerprint density at radius 2 is 1.87 bits per heavy atom. The lowest BCUT2D eigenvalue weighted by Crippen LogP contribution is -2.28. The zero-order valence-electron chi connectivity index (χ0n) is 11.0. The van der Waals surface area contributed by atoms with Gasteiger partial charge in [-0.05, 0) is 32.9 Å². The van der Waals surface area contributed by atoms with Gasteiger partial charge >= 0.3 is 0 Å². The van der Waals surface area contributed by atoms with Gasteiger partial charge in [0, 0.05) is 11.3 Å². The van der Waals surface area contributed by atoms with Crippen molar-refractivity contribution in [1.29, 1.82) is 0 Å². The SMILES string of the molecule is CC[C@@H](CCCCNC)C(=O)C(C)(C)C. The van der Waals surface area contributed by atoms with E-state index in [4.69, 9.17) is 0 Å². The molecule has 1 N–H and O–H groups in total. The van der Waals surface area contributed by atoms with E-state index in [2.05, 4.69) is 12.2 Å². The second kappa shape index (κ2) is 7.00. The minimum Gasteiger partial charge on any atom is -0.320 e. The van der Waals surface area contributed by atoms with E-state index >= 15 is 0 Å². The maximum absolute atomic E-state index is 12.0. The fourth-order valence-electron chi connectivity index (χ4n) is 1.83. The normalized spacial score (nSPS) is 13.9. The van der Waals surface area contributed by atoms with Crippen LogP contribution in [0.1, 0.15) is 53.4 Å². The van der Waals surface area contributed by atoms with Crippen LogP contribution in [-0.2, 0) is 4.79 Å². The number of unbranched alkanes of at least 4 members (excludes halogenated alkanes) is 1. The zero-order valence-corrected chi connectivity index (χ0v) is 11.0. The van der Waals surface area contributed by atoms with Gasteiger partial charge in [-0.2, -0.15) is 0 Å². The molecule has 0 aromatic carbocycles. The zero-order chi connectivity index (χ0) is 11.9. The molecule has 0 aromatic rings. The average Bonchev–Trinajstić information content (AvgIpc) is 2.16. The van der Waals surface area contributed by atoms with Gasteiger partial charge in [0.15, 0.2) is 0 Å². The van der Waals surface area contributed by atoms with Gasteiger partial charge in [-0.15, -0.1) is 0 Å². The Labute approximate surface area is 94.8 Å². The lowest BCUT2D eigenvalue weighted by Gasteiger charge is -2.23. The van der Waals surface area contributed by atoms with E-state index in [0.29, 0.717) is 5.78 Å². The summed E-state index contributed by atoms with van der Waals surface area (Å²) in [5.41, 5.74) is -0.177. The number of hydrogen-bond donors (Lipinski definition) is 1. The molecular formula is C13H27NO. The van der Waals surface area contributed by atoms with Gasteiger partial charge in [0.25, 0.3) is 0 Å². The maximum atomic E-state index is 12.0. The third kappa shape index (κ3) is 5.93. The van der Waals surface area contributed by atoms with Crippen molar-refractivity contribution in [3.8, 4) is 0 Å². The number of rotatable bonds is 7. The number of carbonyl (C=O) groups is 1. The Hall–Kier alpha value is -0.370. The summed E-state index contributed by atoms with van der Waals surface area (Å²) in [5, 5.41) is 3.13. The summed E-state index contributed by atoms with van der Waals surface area (Å²) in [6.45, 7) is 9.23. The summed E-state index contributed by atoms with van der Waals surface area (Å²) >= 11 is 0. The van der Waals surface area contributed by atoms with Crippen molar-refractivity contribution in [3.63, 3.8) is 0 Å². The van der Waals surface area contributed by atoms with Crippen molar-refractivity contribution in [1.82, 2.24) is 5.32 Å². The summed E-state index contributed by atoms with van der Waals surface area (Å²) in [6, 6.07) is 0. The van der Waals surface area contributed by atoms with Crippen LogP contribution in [0.3, 0.4) is 0 Å². The number of hydrogen-bond acceptors (Lipinski definition) is 2. The largest absolute Gasteiger partial charge is 0.320 e. The number of ketones is 1. The number of carbonyl (C=O) groups excluding carboxylic acids is 1. The topological polar surface area (TPSA) is 29.1 Å². The van der Waals surface area contributed by atoms with Gasteiger partial charge in [-0.25, -0.2) is 0 Å². The molecule has 0 saturated carbocycles. The van der Waals surface area contributed by atoms with Crippen LogP contribution < -0.4 is 5.32 Å². The fourth-order valence-corrected chi connectivity index (χ4v) is 1.83. The Morgan fingerprint density at radius 3 is 2.27 bits per heavy atom. The first kappa shape index (κ1) is 14.6. The molecule has 2 heteroatoms. The highest BCUT2D eigenvalue weighted by Crippen LogP contribution is 2.25. The second-order valence-electron chi connectivity index (χ2n) is 5.32. The quantitative estimate of drug-likeness (QED) is 0.659. The van der Waals surface area contributed by atoms with Crippen LogP contribution in [0.5, 0.6) is 0 Å². The van der Waals surface area contributed by atoms with E-state index < -0.39 is 0 Å². The highest BCUT2D eigenvalue weighted by molar-refractivity contribution is 5.85. The molecule has 0 aliphatic carbocycles. The van der Waals surface area contributed by atoms with E-state index in [1.165, 1.54) is 6.42 Å². The van der Waals surface area contributed by atoms with Crippen molar-refractivity contribution >= 4 is 5.78 Å². The summed E-state index contributed by atoms with van der Waals surface area (Å²) in [6.07, 6.45) is 4.36. The molecule has 15 heavy (non-hydrogen) atoms. The van der Waals surface area contributed by atoms with Gasteiger partial charge < -0.3 is 5.32 Å². The second-order valence-corrected chi connectivity index (χ2v) is 5.32. The highest BCUT2D eigenvalue weighted by Gasteiger charge is 2.27. The minimum absolute atomic E-state index is 0.177. The van der Waals surface area contributed by atoms with Crippen molar-refractivity contribution in [2.75, 3.05) is 13.6 Å². The van der Waals surface area contributed by atoms with Gasteiger partial charge in [0.2, 0.25) is 0 Å². The molecule has 0 fully saturated rings. The fraction of sp³-hybridized carbons (Fsp3) is 0.923. The van der Waals surface area contributed by atoms with Crippen LogP contribution in [0.25, 0.3) is 0 Å². The Balaban J connectivity index is 3.97. The van der Waals surface area contributed by atoms with Crippen LogP contribution in [0, 0.1) is 11.3 Å². The summed E-state index contributed by atoms with van der Waals surface area (Å²) < 4.78 is 0.